The molecule has 1 N–H and O–H groups in total. The van der Waals surface area contributed by atoms with Crippen molar-refractivity contribution in [2.75, 3.05) is 13.1 Å². The Morgan fingerprint density at radius 3 is 2.65 bits per heavy atom. The SMILES string of the molecule is Cc1occc1C(=O)N1CCC2(CCC2NC(=O)c2cnccn2)CC1. The van der Waals surface area contributed by atoms with Crippen LogP contribution < -0.4 is 5.32 Å². The highest BCUT2D eigenvalue weighted by atomic mass is 16.3. The highest BCUT2D eigenvalue weighted by Crippen LogP contribution is 2.49. The molecule has 2 aliphatic rings. The Labute approximate surface area is 151 Å². The second-order valence-electron chi connectivity index (χ2n) is 7.20. The van der Waals surface area contributed by atoms with E-state index in [0.717, 1.165) is 25.7 Å². The average Bonchev–Trinajstić information content (AvgIpc) is 3.11. The molecule has 7 heteroatoms. The number of aromatic nitrogens is 2. The summed E-state index contributed by atoms with van der Waals surface area (Å²) in [5.74, 6) is 0.522. The first-order valence-corrected chi connectivity index (χ1v) is 8.99. The summed E-state index contributed by atoms with van der Waals surface area (Å²) in [6, 6.07) is 1.87. The minimum absolute atomic E-state index is 0.0329. The predicted octanol–water partition coefficient (Wildman–Crippen LogP) is 2.19. The van der Waals surface area contributed by atoms with Crippen molar-refractivity contribution in [3.05, 3.63) is 47.9 Å². The van der Waals surface area contributed by atoms with Crippen LogP contribution in [0.2, 0.25) is 0 Å². The number of rotatable bonds is 3. The molecule has 2 amide bonds. The summed E-state index contributed by atoms with van der Waals surface area (Å²) in [7, 11) is 0. The highest BCUT2D eigenvalue weighted by molar-refractivity contribution is 5.95. The second-order valence-corrected chi connectivity index (χ2v) is 7.20. The topological polar surface area (TPSA) is 88.3 Å². The van der Waals surface area contributed by atoms with Gasteiger partial charge in [-0.15, -0.1) is 0 Å². The summed E-state index contributed by atoms with van der Waals surface area (Å²) in [4.78, 5) is 34.9. The van der Waals surface area contributed by atoms with E-state index in [1.807, 2.05) is 11.8 Å². The molecule has 1 aliphatic carbocycles. The molecule has 1 spiro atoms. The van der Waals surface area contributed by atoms with E-state index < -0.39 is 0 Å². The van der Waals surface area contributed by atoms with Crippen molar-refractivity contribution in [3.8, 4) is 0 Å². The molecular formula is C19H22N4O3. The van der Waals surface area contributed by atoms with Gasteiger partial charge in [-0.2, -0.15) is 0 Å². The zero-order valence-electron chi connectivity index (χ0n) is 14.8. The summed E-state index contributed by atoms with van der Waals surface area (Å²) < 4.78 is 5.25. The fourth-order valence-electron chi connectivity index (χ4n) is 4.10. The van der Waals surface area contributed by atoms with Gasteiger partial charge in [0.2, 0.25) is 0 Å². The van der Waals surface area contributed by atoms with Gasteiger partial charge in [0.1, 0.15) is 11.5 Å². The third-order valence-corrected chi connectivity index (χ3v) is 5.91. The smallest absolute Gasteiger partial charge is 0.271 e. The number of carbonyl (C=O) groups is 2. The van der Waals surface area contributed by atoms with E-state index >= 15 is 0 Å². The van der Waals surface area contributed by atoms with Crippen molar-refractivity contribution < 1.29 is 14.0 Å². The van der Waals surface area contributed by atoms with E-state index in [-0.39, 0.29) is 23.3 Å². The Hall–Kier alpha value is -2.70. The second kappa shape index (κ2) is 6.55. The van der Waals surface area contributed by atoms with Crippen LogP contribution in [0.1, 0.15) is 52.3 Å². The molecule has 2 aromatic rings. The summed E-state index contributed by atoms with van der Waals surface area (Å²) in [5, 5.41) is 3.11. The lowest BCUT2D eigenvalue weighted by Crippen LogP contribution is -2.59. The first-order chi connectivity index (χ1) is 12.6. The summed E-state index contributed by atoms with van der Waals surface area (Å²) in [6.45, 7) is 3.23. The maximum atomic E-state index is 12.6. The van der Waals surface area contributed by atoms with Crippen molar-refractivity contribution in [1.29, 1.82) is 0 Å². The van der Waals surface area contributed by atoms with Crippen LogP contribution in [0.25, 0.3) is 0 Å². The van der Waals surface area contributed by atoms with Gasteiger partial charge in [-0.05, 0) is 44.1 Å². The molecule has 1 saturated heterocycles. The molecular weight excluding hydrogens is 332 g/mol. The number of furan rings is 1. The number of nitrogens with zero attached hydrogens (tertiary/aromatic N) is 3. The zero-order valence-corrected chi connectivity index (χ0v) is 14.8. The summed E-state index contributed by atoms with van der Waals surface area (Å²) in [5.41, 5.74) is 1.08. The number of aryl methyl sites for hydroxylation is 1. The van der Waals surface area contributed by atoms with Gasteiger partial charge in [0.05, 0.1) is 18.0 Å². The Kier molecular flexibility index (Phi) is 4.22. The monoisotopic (exact) mass is 354 g/mol. The predicted molar refractivity (Wildman–Crippen MR) is 93.5 cm³/mol. The lowest BCUT2D eigenvalue weighted by molar-refractivity contribution is -0.00244. The van der Waals surface area contributed by atoms with Crippen LogP contribution in [-0.2, 0) is 0 Å². The molecule has 3 heterocycles. The molecule has 7 nitrogen and oxygen atoms in total. The molecule has 1 aliphatic heterocycles. The largest absolute Gasteiger partial charge is 0.469 e. The van der Waals surface area contributed by atoms with Gasteiger partial charge in [0.15, 0.2) is 0 Å². The quantitative estimate of drug-likeness (QED) is 0.913. The number of likely N-dealkylation sites (tertiary alicyclic amines) is 1. The lowest BCUT2D eigenvalue weighted by atomic mass is 9.59. The Morgan fingerprint density at radius 1 is 1.27 bits per heavy atom. The Balaban J connectivity index is 1.37. The van der Waals surface area contributed by atoms with Crippen LogP contribution in [0, 0.1) is 12.3 Å². The molecule has 136 valence electrons. The van der Waals surface area contributed by atoms with E-state index in [1.165, 1.54) is 12.4 Å². The van der Waals surface area contributed by atoms with E-state index in [9.17, 15) is 9.59 Å². The molecule has 2 aromatic heterocycles. The van der Waals surface area contributed by atoms with E-state index in [0.29, 0.717) is 30.1 Å². The molecule has 4 rings (SSSR count). The first kappa shape index (κ1) is 16.8. The minimum Gasteiger partial charge on any atom is -0.469 e. The molecule has 0 bridgehead atoms. The Morgan fingerprint density at radius 2 is 2.08 bits per heavy atom. The van der Waals surface area contributed by atoms with Crippen LogP contribution in [-0.4, -0.2) is 45.8 Å². The standard InChI is InChI=1S/C19H22N4O3/c1-13-14(3-11-26-13)18(25)23-9-5-19(6-10-23)4-2-16(19)22-17(24)15-12-20-7-8-21-15/h3,7-8,11-12,16H,2,4-6,9-10H2,1H3,(H,22,24). The summed E-state index contributed by atoms with van der Waals surface area (Å²) >= 11 is 0. The van der Waals surface area contributed by atoms with Crippen molar-refractivity contribution in [2.45, 2.75) is 38.6 Å². The lowest BCUT2D eigenvalue weighted by Gasteiger charge is -2.54. The fraction of sp³-hybridized carbons (Fsp3) is 0.474. The number of nitrogens with one attached hydrogen (secondary N) is 1. The van der Waals surface area contributed by atoms with Crippen LogP contribution in [0.3, 0.4) is 0 Å². The van der Waals surface area contributed by atoms with Crippen LogP contribution in [0.5, 0.6) is 0 Å². The van der Waals surface area contributed by atoms with Crippen molar-refractivity contribution in [3.63, 3.8) is 0 Å². The number of hydrogen-bond acceptors (Lipinski definition) is 5. The zero-order chi connectivity index (χ0) is 18.1. The van der Waals surface area contributed by atoms with Gasteiger partial charge in [-0.25, -0.2) is 4.98 Å². The molecule has 0 radical (unpaired) electrons. The van der Waals surface area contributed by atoms with Gasteiger partial charge in [-0.3, -0.25) is 14.6 Å². The molecule has 1 unspecified atom stereocenters. The molecule has 2 fully saturated rings. The Bertz CT molecular complexity index is 809. The van der Waals surface area contributed by atoms with Gasteiger partial charge in [0.25, 0.3) is 11.8 Å². The van der Waals surface area contributed by atoms with Crippen molar-refractivity contribution in [1.82, 2.24) is 20.2 Å². The number of carbonyl (C=O) groups excluding carboxylic acids is 2. The van der Waals surface area contributed by atoms with E-state index in [1.54, 1.807) is 18.5 Å². The maximum Gasteiger partial charge on any atom is 0.271 e. The number of hydrogen-bond donors (Lipinski definition) is 1. The van der Waals surface area contributed by atoms with E-state index in [2.05, 4.69) is 15.3 Å². The summed E-state index contributed by atoms with van der Waals surface area (Å²) in [6.07, 6.45) is 9.98. The molecule has 26 heavy (non-hydrogen) atoms. The molecule has 1 atom stereocenters. The number of piperidine rings is 1. The van der Waals surface area contributed by atoms with Crippen molar-refractivity contribution >= 4 is 11.8 Å². The van der Waals surface area contributed by atoms with Crippen LogP contribution in [0.4, 0.5) is 0 Å². The average molecular weight is 354 g/mol. The van der Waals surface area contributed by atoms with Crippen LogP contribution in [0.15, 0.2) is 35.3 Å². The van der Waals surface area contributed by atoms with Gasteiger partial charge < -0.3 is 14.6 Å². The first-order valence-electron chi connectivity index (χ1n) is 8.99. The fourth-order valence-corrected chi connectivity index (χ4v) is 4.10. The molecule has 1 saturated carbocycles. The van der Waals surface area contributed by atoms with E-state index in [4.69, 9.17) is 4.42 Å². The maximum absolute atomic E-state index is 12.6. The van der Waals surface area contributed by atoms with Gasteiger partial charge >= 0.3 is 0 Å². The van der Waals surface area contributed by atoms with Gasteiger partial charge in [0, 0.05) is 31.5 Å². The third-order valence-electron chi connectivity index (χ3n) is 5.91. The van der Waals surface area contributed by atoms with Gasteiger partial charge in [-0.1, -0.05) is 0 Å². The normalized spacial score (nSPS) is 21.3. The molecule has 0 aromatic carbocycles. The van der Waals surface area contributed by atoms with Crippen molar-refractivity contribution in [2.24, 2.45) is 5.41 Å². The highest BCUT2D eigenvalue weighted by Gasteiger charge is 2.49. The number of amides is 2. The van der Waals surface area contributed by atoms with Crippen LogP contribution >= 0.6 is 0 Å². The minimum atomic E-state index is -0.172. The third kappa shape index (κ3) is 2.87.